The monoisotopic (exact) mass is 273 g/mol. The molecule has 4 heteroatoms. The van der Waals surface area contributed by atoms with E-state index in [0.717, 1.165) is 16.3 Å². The van der Waals surface area contributed by atoms with Crippen LogP contribution in [0.2, 0.25) is 0 Å². The third-order valence-corrected chi connectivity index (χ3v) is 3.07. The van der Waals surface area contributed by atoms with E-state index in [1.54, 1.807) is 6.92 Å². The molecule has 2 N–H and O–H groups in total. The van der Waals surface area contributed by atoms with Crippen molar-refractivity contribution in [3.05, 3.63) is 48.0 Å². The predicted octanol–water partition coefficient (Wildman–Crippen LogP) is 2.03. The van der Waals surface area contributed by atoms with Crippen LogP contribution >= 0.6 is 0 Å². The van der Waals surface area contributed by atoms with E-state index >= 15 is 0 Å². The van der Waals surface area contributed by atoms with Crippen molar-refractivity contribution in [2.24, 2.45) is 0 Å². The van der Waals surface area contributed by atoms with Crippen LogP contribution in [0.3, 0.4) is 0 Å². The number of benzene rings is 2. The van der Waals surface area contributed by atoms with Crippen LogP contribution in [0.4, 0.5) is 0 Å². The summed E-state index contributed by atoms with van der Waals surface area (Å²) in [5, 5.41) is 15.2. The van der Waals surface area contributed by atoms with Gasteiger partial charge in [0.05, 0.1) is 19.3 Å². The van der Waals surface area contributed by atoms with E-state index in [2.05, 4.69) is 5.32 Å². The molecule has 2 aromatic carbocycles. The summed E-state index contributed by atoms with van der Waals surface area (Å²) < 4.78 is 4.80. The van der Waals surface area contributed by atoms with Crippen molar-refractivity contribution >= 4 is 16.7 Å². The highest BCUT2D eigenvalue weighted by molar-refractivity contribution is 5.83. The maximum Gasteiger partial charge on any atom is 0.319 e. The van der Waals surface area contributed by atoms with Gasteiger partial charge < -0.3 is 15.2 Å². The van der Waals surface area contributed by atoms with Crippen molar-refractivity contribution < 1.29 is 14.6 Å². The smallest absolute Gasteiger partial charge is 0.319 e. The van der Waals surface area contributed by atoms with E-state index in [9.17, 15) is 9.90 Å². The molecular weight excluding hydrogens is 254 g/mol. The fraction of sp³-hybridized carbons (Fsp3) is 0.312. The Hall–Kier alpha value is -1.91. The molecule has 0 amide bonds. The van der Waals surface area contributed by atoms with Crippen LogP contribution in [0.5, 0.6) is 0 Å². The average Bonchev–Trinajstić information content (AvgIpc) is 2.47. The zero-order chi connectivity index (χ0) is 14.4. The number of aliphatic hydroxyl groups excluding tert-OH is 1. The Morgan fingerprint density at radius 1 is 1.25 bits per heavy atom. The average molecular weight is 273 g/mol. The highest BCUT2D eigenvalue weighted by Gasteiger charge is 2.09. The van der Waals surface area contributed by atoms with Crippen molar-refractivity contribution in [1.29, 1.82) is 0 Å². The summed E-state index contributed by atoms with van der Waals surface area (Å²) in [5.74, 6) is -0.307. The molecule has 1 atom stereocenters. The predicted molar refractivity (Wildman–Crippen MR) is 78.4 cm³/mol. The van der Waals surface area contributed by atoms with Crippen molar-refractivity contribution in [1.82, 2.24) is 5.32 Å². The maximum absolute atomic E-state index is 11.2. The first-order valence-electron chi connectivity index (χ1n) is 6.74. The minimum absolute atomic E-state index is 0.110. The second-order valence-corrected chi connectivity index (χ2v) is 4.56. The Labute approximate surface area is 118 Å². The fourth-order valence-corrected chi connectivity index (χ4v) is 2.06. The van der Waals surface area contributed by atoms with Gasteiger partial charge in [-0.15, -0.1) is 0 Å². The lowest BCUT2D eigenvalue weighted by molar-refractivity contribution is -0.142. The van der Waals surface area contributed by atoms with E-state index in [0.29, 0.717) is 13.2 Å². The molecule has 0 saturated heterocycles. The van der Waals surface area contributed by atoms with Crippen molar-refractivity contribution in [3.8, 4) is 0 Å². The normalized spacial score (nSPS) is 12.3. The highest BCUT2D eigenvalue weighted by Crippen LogP contribution is 2.19. The van der Waals surface area contributed by atoms with E-state index < -0.39 is 6.10 Å². The number of hydrogen-bond donors (Lipinski definition) is 2. The van der Waals surface area contributed by atoms with Gasteiger partial charge in [-0.2, -0.15) is 0 Å². The number of esters is 1. The van der Waals surface area contributed by atoms with E-state index in [1.807, 2.05) is 42.5 Å². The maximum atomic E-state index is 11.2. The molecule has 0 heterocycles. The minimum atomic E-state index is -0.644. The topological polar surface area (TPSA) is 58.6 Å². The number of rotatable bonds is 6. The summed E-state index contributed by atoms with van der Waals surface area (Å²) in [6.45, 7) is 2.56. The molecule has 0 saturated carbocycles. The van der Waals surface area contributed by atoms with Gasteiger partial charge in [0.25, 0.3) is 0 Å². The molecule has 0 bridgehead atoms. The second kappa shape index (κ2) is 7.03. The number of carbonyl (C=O) groups is 1. The summed E-state index contributed by atoms with van der Waals surface area (Å²) in [4.78, 5) is 11.2. The summed E-state index contributed by atoms with van der Waals surface area (Å²) in [7, 11) is 0. The molecule has 0 aliphatic carbocycles. The van der Waals surface area contributed by atoms with Crippen LogP contribution < -0.4 is 5.32 Å². The summed E-state index contributed by atoms with van der Waals surface area (Å²) >= 11 is 0. The van der Waals surface area contributed by atoms with E-state index in [4.69, 9.17) is 4.74 Å². The van der Waals surface area contributed by atoms with Gasteiger partial charge in [-0.05, 0) is 29.3 Å². The van der Waals surface area contributed by atoms with Crippen molar-refractivity contribution in [3.63, 3.8) is 0 Å². The summed E-state index contributed by atoms with van der Waals surface area (Å²) in [5.41, 5.74) is 0.833. The highest BCUT2D eigenvalue weighted by atomic mass is 16.5. The SMILES string of the molecule is CCOC(=O)CNCC(O)c1ccc2ccccc2c1. The Morgan fingerprint density at radius 3 is 2.75 bits per heavy atom. The minimum Gasteiger partial charge on any atom is -0.465 e. The lowest BCUT2D eigenvalue weighted by atomic mass is 10.0. The summed E-state index contributed by atoms with van der Waals surface area (Å²) in [6, 6.07) is 13.9. The van der Waals surface area contributed by atoms with Gasteiger partial charge in [-0.1, -0.05) is 36.4 Å². The Balaban J connectivity index is 1.93. The Bertz CT molecular complexity index is 583. The van der Waals surface area contributed by atoms with E-state index in [-0.39, 0.29) is 12.5 Å². The van der Waals surface area contributed by atoms with Crippen LogP contribution in [0.15, 0.2) is 42.5 Å². The van der Waals surface area contributed by atoms with Crippen LogP contribution in [0.1, 0.15) is 18.6 Å². The lowest BCUT2D eigenvalue weighted by Gasteiger charge is -2.12. The van der Waals surface area contributed by atoms with Gasteiger partial charge in [0, 0.05) is 6.54 Å². The first-order valence-corrected chi connectivity index (χ1v) is 6.74. The number of hydrogen-bond acceptors (Lipinski definition) is 4. The van der Waals surface area contributed by atoms with Gasteiger partial charge in [-0.3, -0.25) is 4.79 Å². The van der Waals surface area contributed by atoms with Crippen LogP contribution in [-0.2, 0) is 9.53 Å². The Morgan fingerprint density at radius 2 is 2.00 bits per heavy atom. The largest absolute Gasteiger partial charge is 0.465 e. The van der Waals surface area contributed by atoms with Crippen molar-refractivity contribution in [2.75, 3.05) is 19.7 Å². The molecule has 2 rings (SSSR count). The molecule has 20 heavy (non-hydrogen) atoms. The number of ether oxygens (including phenoxy) is 1. The Kier molecular flexibility index (Phi) is 5.09. The zero-order valence-electron chi connectivity index (χ0n) is 11.5. The number of nitrogens with one attached hydrogen (secondary N) is 1. The van der Waals surface area contributed by atoms with Crippen LogP contribution in [0, 0.1) is 0 Å². The molecule has 0 aromatic heterocycles. The first-order chi connectivity index (χ1) is 9.70. The number of fused-ring (bicyclic) bond motifs is 1. The van der Waals surface area contributed by atoms with E-state index in [1.165, 1.54) is 0 Å². The molecule has 106 valence electrons. The standard InChI is InChI=1S/C16H19NO3/c1-2-20-16(19)11-17-10-15(18)14-8-7-12-5-3-4-6-13(12)9-14/h3-9,15,17-18H,2,10-11H2,1H3. The first kappa shape index (κ1) is 14.5. The fourth-order valence-electron chi connectivity index (χ4n) is 2.06. The quantitative estimate of drug-likeness (QED) is 0.791. The van der Waals surface area contributed by atoms with Gasteiger partial charge in [-0.25, -0.2) is 0 Å². The van der Waals surface area contributed by atoms with Gasteiger partial charge in [0.2, 0.25) is 0 Å². The molecule has 0 fully saturated rings. The molecular formula is C16H19NO3. The van der Waals surface area contributed by atoms with Gasteiger partial charge in [0.15, 0.2) is 0 Å². The zero-order valence-corrected chi connectivity index (χ0v) is 11.5. The molecule has 0 spiro atoms. The molecule has 1 unspecified atom stereocenters. The van der Waals surface area contributed by atoms with Gasteiger partial charge in [0.1, 0.15) is 0 Å². The molecule has 4 nitrogen and oxygen atoms in total. The molecule has 0 aliphatic heterocycles. The second-order valence-electron chi connectivity index (χ2n) is 4.56. The number of aliphatic hydroxyl groups is 1. The third kappa shape index (κ3) is 3.79. The number of carbonyl (C=O) groups excluding carboxylic acids is 1. The van der Waals surface area contributed by atoms with Crippen molar-refractivity contribution in [2.45, 2.75) is 13.0 Å². The molecule has 0 radical (unpaired) electrons. The molecule has 0 aliphatic rings. The van der Waals surface area contributed by atoms with Crippen LogP contribution in [-0.4, -0.2) is 30.8 Å². The third-order valence-electron chi connectivity index (χ3n) is 3.07. The van der Waals surface area contributed by atoms with Crippen LogP contribution in [0.25, 0.3) is 10.8 Å². The summed E-state index contributed by atoms with van der Waals surface area (Å²) in [6.07, 6.45) is -0.644. The molecule has 2 aromatic rings. The van der Waals surface area contributed by atoms with Gasteiger partial charge >= 0.3 is 5.97 Å². The lowest BCUT2D eigenvalue weighted by Crippen LogP contribution is -2.28.